The first kappa shape index (κ1) is 22.1. The molecule has 2 rings (SSSR count). The fourth-order valence-corrected chi connectivity index (χ4v) is 3.22. The van der Waals surface area contributed by atoms with Crippen molar-refractivity contribution >= 4 is 5.91 Å². The first-order valence-electron chi connectivity index (χ1n) is 10.5. The standard InChI is InChI=1S/C24H35N3O/c1-5-26(6-2)18-21-11-9-20(10-12-21)17-25-24(28)23-15-13-22(14-16-23)19-27(7-3)8-4/h9-16H,5-8,17-19H2,1-4H3,(H,25,28). The number of amides is 1. The first-order chi connectivity index (χ1) is 13.6. The zero-order valence-corrected chi connectivity index (χ0v) is 17.9. The topological polar surface area (TPSA) is 35.6 Å². The van der Waals surface area contributed by atoms with Gasteiger partial charge in [0.2, 0.25) is 0 Å². The number of nitrogens with one attached hydrogen (secondary N) is 1. The molecule has 0 bridgehead atoms. The lowest BCUT2D eigenvalue weighted by molar-refractivity contribution is 0.0951. The van der Waals surface area contributed by atoms with Crippen LogP contribution in [0.3, 0.4) is 0 Å². The van der Waals surface area contributed by atoms with Gasteiger partial charge < -0.3 is 5.32 Å². The van der Waals surface area contributed by atoms with E-state index in [1.54, 1.807) is 0 Å². The normalized spacial score (nSPS) is 11.2. The summed E-state index contributed by atoms with van der Waals surface area (Å²) in [4.78, 5) is 17.2. The van der Waals surface area contributed by atoms with Gasteiger partial charge in [0.25, 0.3) is 5.91 Å². The number of hydrogen-bond acceptors (Lipinski definition) is 3. The van der Waals surface area contributed by atoms with E-state index in [1.807, 2.05) is 12.1 Å². The summed E-state index contributed by atoms with van der Waals surface area (Å²) in [6, 6.07) is 16.5. The van der Waals surface area contributed by atoms with Crippen molar-refractivity contribution in [2.45, 2.75) is 47.3 Å². The predicted molar refractivity (Wildman–Crippen MR) is 117 cm³/mol. The molecule has 4 nitrogen and oxygen atoms in total. The van der Waals surface area contributed by atoms with Crippen LogP contribution in [0.2, 0.25) is 0 Å². The van der Waals surface area contributed by atoms with Gasteiger partial charge in [-0.25, -0.2) is 0 Å². The molecule has 0 radical (unpaired) electrons. The smallest absolute Gasteiger partial charge is 0.251 e. The Balaban J connectivity index is 1.86. The third-order valence-corrected chi connectivity index (χ3v) is 5.29. The molecule has 2 aromatic rings. The Morgan fingerprint density at radius 3 is 1.50 bits per heavy atom. The van der Waals surface area contributed by atoms with Crippen LogP contribution < -0.4 is 5.32 Å². The summed E-state index contributed by atoms with van der Waals surface area (Å²) in [5.41, 5.74) is 4.38. The Morgan fingerprint density at radius 1 is 0.679 bits per heavy atom. The van der Waals surface area contributed by atoms with Crippen molar-refractivity contribution in [2.75, 3.05) is 26.2 Å². The van der Waals surface area contributed by atoms with Gasteiger partial charge in [-0.3, -0.25) is 14.6 Å². The molecule has 0 fully saturated rings. The van der Waals surface area contributed by atoms with E-state index in [9.17, 15) is 4.79 Å². The van der Waals surface area contributed by atoms with Gasteiger partial charge in [0, 0.05) is 25.2 Å². The number of carbonyl (C=O) groups excluding carboxylic acids is 1. The average Bonchev–Trinajstić information content (AvgIpc) is 2.75. The molecule has 2 aromatic carbocycles. The van der Waals surface area contributed by atoms with Crippen LogP contribution >= 0.6 is 0 Å². The highest BCUT2D eigenvalue weighted by atomic mass is 16.1. The number of hydrogen-bond donors (Lipinski definition) is 1. The first-order valence-corrected chi connectivity index (χ1v) is 10.5. The zero-order chi connectivity index (χ0) is 20.4. The Morgan fingerprint density at radius 2 is 1.07 bits per heavy atom. The summed E-state index contributed by atoms with van der Waals surface area (Å²) in [6.45, 7) is 15.3. The van der Waals surface area contributed by atoms with Crippen molar-refractivity contribution in [1.29, 1.82) is 0 Å². The van der Waals surface area contributed by atoms with Gasteiger partial charge in [-0.15, -0.1) is 0 Å². The van der Waals surface area contributed by atoms with Crippen molar-refractivity contribution < 1.29 is 4.79 Å². The van der Waals surface area contributed by atoms with Crippen LogP contribution in [0, 0.1) is 0 Å². The molecule has 1 N–H and O–H groups in total. The third-order valence-electron chi connectivity index (χ3n) is 5.29. The Labute approximate surface area is 170 Å². The summed E-state index contributed by atoms with van der Waals surface area (Å²) < 4.78 is 0. The van der Waals surface area contributed by atoms with Gasteiger partial charge in [-0.1, -0.05) is 64.1 Å². The van der Waals surface area contributed by atoms with Crippen molar-refractivity contribution in [3.8, 4) is 0 Å². The fourth-order valence-electron chi connectivity index (χ4n) is 3.22. The molecule has 0 unspecified atom stereocenters. The molecule has 0 spiro atoms. The minimum Gasteiger partial charge on any atom is -0.348 e. The van der Waals surface area contributed by atoms with Gasteiger partial charge in [-0.2, -0.15) is 0 Å². The van der Waals surface area contributed by atoms with Gasteiger partial charge in [0.05, 0.1) is 0 Å². The van der Waals surface area contributed by atoms with Crippen LogP contribution in [0.15, 0.2) is 48.5 Å². The van der Waals surface area contributed by atoms with Crippen LogP contribution in [0.4, 0.5) is 0 Å². The maximum Gasteiger partial charge on any atom is 0.251 e. The van der Waals surface area contributed by atoms with Crippen LogP contribution in [0.1, 0.15) is 54.7 Å². The second-order valence-corrected chi connectivity index (χ2v) is 7.12. The van der Waals surface area contributed by atoms with E-state index in [0.717, 1.165) is 44.8 Å². The molecule has 1 amide bonds. The molecule has 0 atom stereocenters. The summed E-state index contributed by atoms with van der Waals surface area (Å²) in [7, 11) is 0. The molecule has 0 saturated carbocycles. The molecule has 0 aliphatic carbocycles. The van der Waals surface area contributed by atoms with Crippen LogP contribution in [0.5, 0.6) is 0 Å². The van der Waals surface area contributed by atoms with E-state index < -0.39 is 0 Å². The minimum atomic E-state index is -0.0263. The number of nitrogens with zero attached hydrogens (tertiary/aromatic N) is 2. The van der Waals surface area contributed by atoms with Gasteiger partial charge >= 0.3 is 0 Å². The second kappa shape index (κ2) is 11.6. The predicted octanol–water partition coefficient (Wildman–Crippen LogP) is 4.30. The van der Waals surface area contributed by atoms with Crippen molar-refractivity contribution in [1.82, 2.24) is 15.1 Å². The SMILES string of the molecule is CCN(CC)Cc1ccc(CNC(=O)c2ccc(CN(CC)CC)cc2)cc1. The molecule has 0 aliphatic heterocycles. The van der Waals surface area contributed by atoms with Gasteiger partial charge in [0.1, 0.15) is 0 Å². The molecule has 0 aliphatic rings. The number of benzene rings is 2. The van der Waals surface area contributed by atoms with Gasteiger partial charge in [-0.05, 0) is 55.0 Å². The second-order valence-electron chi connectivity index (χ2n) is 7.12. The maximum atomic E-state index is 12.4. The molecule has 152 valence electrons. The van der Waals surface area contributed by atoms with E-state index in [1.165, 1.54) is 11.1 Å². The van der Waals surface area contributed by atoms with Gasteiger partial charge in [0.15, 0.2) is 0 Å². The number of rotatable bonds is 11. The summed E-state index contributed by atoms with van der Waals surface area (Å²) >= 11 is 0. The Kier molecular flexibility index (Phi) is 9.18. The zero-order valence-electron chi connectivity index (χ0n) is 17.9. The highest BCUT2D eigenvalue weighted by Gasteiger charge is 2.07. The van der Waals surface area contributed by atoms with Crippen molar-refractivity contribution in [3.63, 3.8) is 0 Å². The highest BCUT2D eigenvalue weighted by Crippen LogP contribution is 2.10. The highest BCUT2D eigenvalue weighted by molar-refractivity contribution is 5.94. The molecule has 4 heteroatoms. The van der Waals surface area contributed by atoms with Crippen molar-refractivity contribution in [2.24, 2.45) is 0 Å². The van der Waals surface area contributed by atoms with Crippen LogP contribution in [-0.2, 0) is 19.6 Å². The molecule has 0 heterocycles. The quantitative estimate of drug-likeness (QED) is 0.630. The van der Waals surface area contributed by atoms with E-state index in [0.29, 0.717) is 12.1 Å². The monoisotopic (exact) mass is 381 g/mol. The number of carbonyl (C=O) groups is 1. The molecule has 0 saturated heterocycles. The van der Waals surface area contributed by atoms with E-state index in [-0.39, 0.29) is 5.91 Å². The summed E-state index contributed by atoms with van der Waals surface area (Å²) in [5.74, 6) is -0.0263. The van der Waals surface area contributed by atoms with E-state index in [2.05, 4.69) is 79.2 Å². The fraction of sp³-hybridized carbons (Fsp3) is 0.458. The Bertz CT molecular complexity index is 702. The largest absolute Gasteiger partial charge is 0.348 e. The van der Waals surface area contributed by atoms with E-state index >= 15 is 0 Å². The molecule has 28 heavy (non-hydrogen) atoms. The maximum absolute atomic E-state index is 12.4. The van der Waals surface area contributed by atoms with Crippen molar-refractivity contribution in [3.05, 3.63) is 70.8 Å². The lowest BCUT2D eigenvalue weighted by Crippen LogP contribution is -2.24. The lowest BCUT2D eigenvalue weighted by atomic mass is 10.1. The molecular weight excluding hydrogens is 346 g/mol. The molecular formula is C24H35N3O. The average molecular weight is 382 g/mol. The van der Waals surface area contributed by atoms with E-state index in [4.69, 9.17) is 0 Å². The minimum absolute atomic E-state index is 0.0263. The molecule has 0 aromatic heterocycles. The van der Waals surface area contributed by atoms with Crippen LogP contribution in [0.25, 0.3) is 0 Å². The summed E-state index contributed by atoms with van der Waals surface area (Å²) in [5, 5.41) is 3.02. The lowest BCUT2D eigenvalue weighted by Gasteiger charge is -2.18. The summed E-state index contributed by atoms with van der Waals surface area (Å²) in [6.07, 6.45) is 0. The van der Waals surface area contributed by atoms with Crippen LogP contribution in [-0.4, -0.2) is 41.9 Å². The third kappa shape index (κ3) is 6.77. The Hall–Kier alpha value is -2.17.